The molecule has 6 N–H and O–H groups in total. The summed E-state index contributed by atoms with van der Waals surface area (Å²) in [4.78, 5) is 42.7. The van der Waals surface area contributed by atoms with Crippen molar-refractivity contribution in [2.45, 2.75) is 167 Å². The first-order chi connectivity index (χ1) is 25.6. The van der Waals surface area contributed by atoms with Gasteiger partial charge in [-0.1, -0.05) is 129 Å². The lowest BCUT2D eigenvalue weighted by Crippen LogP contribution is -2.46. The van der Waals surface area contributed by atoms with Gasteiger partial charge in [-0.2, -0.15) is 11.8 Å². The average molecular weight is 798 g/mol. The predicted octanol–water partition coefficient (Wildman–Crippen LogP) is 7.12. The fraction of sp³-hybridized carbons (Fsp3) is 0.949. The van der Waals surface area contributed by atoms with Gasteiger partial charge >= 0.3 is 7.60 Å². The largest absolute Gasteiger partial charge is 0.379 e. The summed E-state index contributed by atoms with van der Waals surface area (Å²) in [5.41, 5.74) is 5.26. The summed E-state index contributed by atoms with van der Waals surface area (Å²) in [5.74, 6) is 0.358. The van der Waals surface area contributed by atoms with Crippen molar-refractivity contribution in [1.82, 2.24) is 10.6 Å². The summed E-state index contributed by atoms with van der Waals surface area (Å²) in [5, 5.41) is 5.26. The monoisotopic (exact) mass is 798 g/mol. The second-order valence-electron chi connectivity index (χ2n) is 14.3. The molecular formula is C39H80N3O9PS. The van der Waals surface area contributed by atoms with Crippen LogP contribution in [0.4, 0.5) is 0 Å². The van der Waals surface area contributed by atoms with Crippen molar-refractivity contribution in [3.8, 4) is 0 Å². The van der Waals surface area contributed by atoms with Gasteiger partial charge in [-0.05, 0) is 19.8 Å². The molecule has 3 atom stereocenters. The van der Waals surface area contributed by atoms with E-state index < -0.39 is 19.3 Å². The maximum Gasteiger partial charge on any atom is 0.330 e. The number of thioether (sulfide) groups is 1. The molecule has 316 valence electrons. The molecule has 0 aromatic rings. The quantitative estimate of drug-likeness (QED) is 0.0314. The number of amides is 2. The maximum absolute atomic E-state index is 12.5. The molecule has 1 unspecified atom stereocenters. The van der Waals surface area contributed by atoms with Crippen LogP contribution in [0.2, 0.25) is 0 Å². The zero-order valence-corrected chi connectivity index (χ0v) is 35.5. The number of nitrogens with two attached hydrogens (primary N) is 1. The van der Waals surface area contributed by atoms with E-state index in [1.165, 1.54) is 122 Å². The fourth-order valence-corrected chi connectivity index (χ4v) is 6.78. The van der Waals surface area contributed by atoms with Crippen LogP contribution in [-0.4, -0.2) is 110 Å². The van der Waals surface area contributed by atoms with Crippen LogP contribution in [0.3, 0.4) is 0 Å². The highest BCUT2D eigenvalue weighted by Gasteiger charge is 2.23. The van der Waals surface area contributed by atoms with E-state index in [1.807, 2.05) is 0 Å². The van der Waals surface area contributed by atoms with E-state index in [4.69, 9.17) is 34.5 Å². The van der Waals surface area contributed by atoms with Gasteiger partial charge in [-0.25, -0.2) is 0 Å². The summed E-state index contributed by atoms with van der Waals surface area (Å²) in [6, 6.07) is -0.750. The lowest BCUT2D eigenvalue weighted by atomic mass is 10.1. The molecule has 0 saturated heterocycles. The van der Waals surface area contributed by atoms with Crippen molar-refractivity contribution in [1.29, 1.82) is 0 Å². The van der Waals surface area contributed by atoms with Crippen LogP contribution in [0.5, 0.6) is 0 Å². The summed E-state index contributed by atoms with van der Waals surface area (Å²) in [7, 11) is -4.15. The van der Waals surface area contributed by atoms with Gasteiger partial charge in [0.15, 0.2) is 0 Å². The Kier molecular flexibility index (Phi) is 37.6. The Labute approximate surface area is 327 Å². The van der Waals surface area contributed by atoms with Crippen LogP contribution < -0.4 is 16.4 Å². The third kappa shape index (κ3) is 36.6. The molecular weight excluding hydrogens is 717 g/mol. The van der Waals surface area contributed by atoms with Gasteiger partial charge in [0.05, 0.1) is 57.4 Å². The van der Waals surface area contributed by atoms with Crippen molar-refractivity contribution in [3.63, 3.8) is 0 Å². The van der Waals surface area contributed by atoms with E-state index in [9.17, 15) is 14.2 Å². The lowest BCUT2D eigenvalue weighted by Gasteiger charge is -2.19. The van der Waals surface area contributed by atoms with E-state index in [2.05, 4.69) is 24.5 Å². The Morgan fingerprint density at radius 2 is 1.13 bits per heavy atom. The third-order valence-corrected chi connectivity index (χ3v) is 11.5. The number of hydrogen-bond acceptors (Lipinski definition) is 9. The van der Waals surface area contributed by atoms with Gasteiger partial charge in [0.25, 0.3) is 0 Å². The second kappa shape index (κ2) is 38.1. The molecule has 0 aliphatic rings. The van der Waals surface area contributed by atoms with Gasteiger partial charge in [0.2, 0.25) is 11.8 Å². The first kappa shape index (κ1) is 52.2. The second-order valence-corrected chi connectivity index (χ2v) is 17.4. The van der Waals surface area contributed by atoms with Crippen LogP contribution in [0.25, 0.3) is 0 Å². The molecule has 0 heterocycles. The minimum Gasteiger partial charge on any atom is -0.379 e. The highest BCUT2D eigenvalue weighted by molar-refractivity contribution is 7.99. The Morgan fingerprint density at radius 1 is 0.642 bits per heavy atom. The van der Waals surface area contributed by atoms with E-state index >= 15 is 0 Å². The molecule has 2 amide bonds. The molecule has 0 radical (unpaired) electrons. The highest BCUT2D eigenvalue weighted by atomic mass is 32.2. The minimum atomic E-state index is -4.15. The SMILES string of the molecule is CCCCCCCCCCCCOC[C@H](CSC[C@H](N)C(=O)NCC(=O)NCCOCCOCC(C)P(=O)(O)O)OCCCCCCCCCCCC. The number of carbonyl (C=O) groups excluding carboxylic acids is 2. The van der Waals surface area contributed by atoms with Crippen molar-refractivity contribution >= 4 is 31.2 Å². The molecule has 12 nitrogen and oxygen atoms in total. The number of ether oxygens (including phenoxy) is 4. The standard InChI is InChI=1S/C39H80N3O9PS/c1-4-6-8-10-12-14-16-18-20-22-25-49-32-36(51-26-23-21-19-17-15-13-11-9-7-5-2)33-53-34-37(40)39(44)42-30-38(43)41-24-27-48-28-29-50-31-35(3)52(45,46)47/h35-37H,4-34,40H2,1-3H3,(H,41,43)(H,42,44)(H2,45,46,47)/t35?,36-,37+/m1/s1. The van der Waals surface area contributed by atoms with Gasteiger partial charge in [-0.3, -0.25) is 14.2 Å². The van der Waals surface area contributed by atoms with E-state index in [0.717, 1.165) is 19.4 Å². The van der Waals surface area contributed by atoms with Crippen LogP contribution in [0.1, 0.15) is 149 Å². The fourth-order valence-electron chi connectivity index (χ4n) is 5.49. The molecule has 0 rings (SSSR count). The summed E-state index contributed by atoms with van der Waals surface area (Å²) >= 11 is 1.57. The summed E-state index contributed by atoms with van der Waals surface area (Å²) in [6.45, 7) is 8.57. The van der Waals surface area contributed by atoms with Crippen LogP contribution >= 0.6 is 19.4 Å². The number of nitrogens with one attached hydrogen (secondary N) is 2. The maximum atomic E-state index is 12.5. The van der Waals surface area contributed by atoms with Crippen molar-refractivity contribution < 1.29 is 42.9 Å². The molecule has 0 spiro atoms. The molecule has 14 heteroatoms. The molecule has 53 heavy (non-hydrogen) atoms. The first-order valence-electron chi connectivity index (χ1n) is 20.9. The van der Waals surface area contributed by atoms with Crippen LogP contribution in [0.15, 0.2) is 0 Å². The number of unbranched alkanes of at least 4 members (excludes halogenated alkanes) is 18. The van der Waals surface area contributed by atoms with Crippen LogP contribution in [0, 0.1) is 0 Å². The van der Waals surface area contributed by atoms with Gasteiger partial charge < -0.3 is 45.1 Å². The van der Waals surface area contributed by atoms with Crippen molar-refractivity contribution in [2.75, 3.05) is 70.8 Å². The van der Waals surface area contributed by atoms with Crippen molar-refractivity contribution in [3.05, 3.63) is 0 Å². The Morgan fingerprint density at radius 3 is 1.68 bits per heavy atom. The van der Waals surface area contributed by atoms with Gasteiger partial charge in [-0.15, -0.1) is 0 Å². The Bertz CT molecular complexity index is 887. The highest BCUT2D eigenvalue weighted by Crippen LogP contribution is 2.40. The first-order valence-corrected chi connectivity index (χ1v) is 23.7. The van der Waals surface area contributed by atoms with E-state index in [-0.39, 0.29) is 57.4 Å². The predicted molar refractivity (Wildman–Crippen MR) is 219 cm³/mol. The molecule has 0 aromatic heterocycles. The molecule has 0 aliphatic carbocycles. The molecule has 0 aromatic carbocycles. The van der Waals surface area contributed by atoms with E-state index in [0.29, 0.717) is 24.7 Å². The molecule has 0 aliphatic heterocycles. The smallest absolute Gasteiger partial charge is 0.330 e. The Hall–Kier alpha value is -0.760. The molecule has 0 fully saturated rings. The summed E-state index contributed by atoms with van der Waals surface area (Å²) < 4.78 is 33.9. The lowest BCUT2D eigenvalue weighted by molar-refractivity contribution is -0.126. The normalized spacial score (nSPS) is 13.5. The zero-order valence-electron chi connectivity index (χ0n) is 33.8. The van der Waals surface area contributed by atoms with E-state index in [1.54, 1.807) is 11.8 Å². The third-order valence-electron chi connectivity index (χ3n) is 9.03. The topological polar surface area (TPSA) is 179 Å². The zero-order chi connectivity index (χ0) is 39.3. The average Bonchev–Trinajstić information content (AvgIpc) is 3.13. The van der Waals surface area contributed by atoms with Crippen molar-refractivity contribution in [2.24, 2.45) is 5.73 Å². The molecule has 0 saturated carbocycles. The summed E-state index contributed by atoms with van der Waals surface area (Å²) in [6.07, 6.45) is 25.7. The molecule has 0 bridgehead atoms. The van der Waals surface area contributed by atoms with Crippen LogP contribution in [-0.2, 0) is 33.1 Å². The Balaban J connectivity index is 4.25. The number of rotatable bonds is 41. The number of hydrogen-bond donors (Lipinski definition) is 5. The minimum absolute atomic E-state index is 0.0558. The van der Waals surface area contributed by atoms with Gasteiger partial charge in [0.1, 0.15) is 0 Å². The van der Waals surface area contributed by atoms with Gasteiger partial charge in [0, 0.05) is 31.3 Å². The number of carbonyl (C=O) groups is 2.